The van der Waals surface area contributed by atoms with Gasteiger partial charge in [-0.05, 0) is 26.2 Å². The third-order valence-electron chi connectivity index (χ3n) is 3.67. The Morgan fingerprint density at radius 2 is 1.95 bits per heavy atom. The van der Waals surface area contributed by atoms with Crippen molar-refractivity contribution in [2.24, 2.45) is 5.92 Å². The molecule has 7 heteroatoms. The first kappa shape index (κ1) is 18.4. The number of carbonyl (C=O) groups excluding carboxylic acids is 3. The van der Waals surface area contributed by atoms with E-state index < -0.39 is 0 Å². The summed E-state index contributed by atoms with van der Waals surface area (Å²) in [4.78, 5) is 36.1. The molecule has 0 saturated carbocycles. The van der Waals surface area contributed by atoms with Crippen LogP contribution < -0.4 is 15.5 Å². The number of hydrogen-bond acceptors (Lipinski definition) is 4. The van der Waals surface area contributed by atoms with Crippen LogP contribution in [0.25, 0.3) is 0 Å². The minimum atomic E-state index is -0.173. The van der Waals surface area contributed by atoms with E-state index in [2.05, 4.69) is 10.6 Å². The summed E-state index contributed by atoms with van der Waals surface area (Å²) >= 11 is 0. The number of amides is 2. The molecule has 1 unspecified atom stereocenters. The highest BCUT2D eigenvalue weighted by Gasteiger charge is 2.30. The topological polar surface area (TPSA) is 88.9 Å². The molecule has 1 saturated heterocycles. The van der Waals surface area contributed by atoms with Crippen molar-refractivity contribution in [1.29, 1.82) is 0 Å². The van der Waals surface area contributed by atoms with Gasteiger partial charge in [-0.1, -0.05) is 6.92 Å². The van der Waals surface area contributed by atoms with Gasteiger partial charge in [0.2, 0.25) is 5.91 Å². The lowest BCUT2D eigenvalue weighted by Crippen LogP contribution is -3.14. The largest absolute Gasteiger partial charge is 0.466 e. The zero-order valence-corrected chi connectivity index (χ0v) is 13.6. The molecule has 1 heterocycles. The van der Waals surface area contributed by atoms with Crippen LogP contribution in [-0.4, -0.2) is 57.1 Å². The first-order valence-corrected chi connectivity index (χ1v) is 8.10. The molecule has 1 rings (SSSR count). The second-order valence-electron chi connectivity index (χ2n) is 5.60. The Balaban J connectivity index is 2.28. The van der Waals surface area contributed by atoms with E-state index in [-0.39, 0.29) is 36.8 Å². The Morgan fingerprint density at radius 1 is 1.18 bits per heavy atom. The molecule has 0 bridgehead atoms. The lowest BCUT2D eigenvalue weighted by atomic mass is 9.98. The lowest BCUT2D eigenvalue weighted by Gasteiger charge is -2.28. The Bertz CT molecular complexity index is 387. The molecule has 0 aliphatic carbocycles. The molecular formula is C15H28N3O4+. The second-order valence-corrected chi connectivity index (χ2v) is 5.60. The van der Waals surface area contributed by atoms with Crippen LogP contribution in [0.4, 0.5) is 0 Å². The van der Waals surface area contributed by atoms with E-state index in [4.69, 9.17) is 4.74 Å². The van der Waals surface area contributed by atoms with Crippen molar-refractivity contribution < 1.29 is 24.0 Å². The Kier molecular flexibility index (Phi) is 8.50. The maximum atomic E-state index is 11.9. The van der Waals surface area contributed by atoms with Crippen LogP contribution in [-0.2, 0) is 19.1 Å². The number of esters is 1. The summed E-state index contributed by atoms with van der Waals surface area (Å²) in [5, 5.41) is 5.33. The quantitative estimate of drug-likeness (QED) is 0.475. The molecule has 1 aliphatic rings. The zero-order chi connectivity index (χ0) is 16.4. The van der Waals surface area contributed by atoms with E-state index in [0.717, 1.165) is 30.7 Å². The van der Waals surface area contributed by atoms with Crippen molar-refractivity contribution in [3.8, 4) is 0 Å². The minimum Gasteiger partial charge on any atom is -0.466 e. The van der Waals surface area contributed by atoms with Gasteiger partial charge in [0, 0.05) is 6.54 Å². The van der Waals surface area contributed by atoms with Crippen LogP contribution in [0.2, 0.25) is 0 Å². The van der Waals surface area contributed by atoms with E-state index in [0.29, 0.717) is 19.7 Å². The molecule has 22 heavy (non-hydrogen) atoms. The van der Waals surface area contributed by atoms with E-state index in [9.17, 15) is 14.4 Å². The molecule has 0 aromatic carbocycles. The van der Waals surface area contributed by atoms with Gasteiger partial charge in [0.25, 0.3) is 5.91 Å². The fourth-order valence-corrected chi connectivity index (χ4v) is 2.57. The number of nitrogens with one attached hydrogen (secondary N) is 3. The smallest absolute Gasteiger partial charge is 0.314 e. The zero-order valence-electron chi connectivity index (χ0n) is 13.6. The standard InChI is InChI=1S/C15H27N3O4/c1-3-7-16-13(19)9-17-14(20)11-18-8-5-6-12(10-18)15(21)22-4-2/h12H,3-11H2,1-2H3,(H,16,19)(H,17,20)/p+1/t12-/m0/s1. The molecule has 0 radical (unpaired) electrons. The maximum absolute atomic E-state index is 11.9. The van der Waals surface area contributed by atoms with Gasteiger partial charge in [0.05, 0.1) is 26.2 Å². The molecule has 2 amide bonds. The Morgan fingerprint density at radius 3 is 2.64 bits per heavy atom. The van der Waals surface area contributed by atoms with Crippen molar-refractivity contribution in [1.82, 2.24) is 10.6 Å². The van der Waals surface area contributed by atoms with Crippen molar-refractivity contribution >= 4 is 17.8 Å². The monoisotopic (exact) mass is 314 g/mol. The normalized spacial score (nSPS) is 21.0. The number of ether oxygens (including phenoxy) is 1. The molecule has 1 aliphatic heterocycles. The highest BCUT2D eigenvalue weighted by atomic mass is 16.5. The van der Waals surface area contributed by atoms with Crippen molar-refractivity contribution in [3.05, 3.63) is 0 Å². The van der Waals surface area contributed by atoms with Gasteiger partial charge >= 0.3 is 5.97 Å². The highest BCUT2D eigenvalue weighted by Crippen LogP contribution is 2.09. The van der Waals surface area contributed by atoms with Crippen molar-refractivity contribution in [3.63, 3.8) is 0 Å². The second kappa shape index (κ2) is 10.2. The maximum Gasteiger partial charge on any atom is 0.314 e. The Hall–Kier alpha value is -1.63. The van der Waals surface area contributed by atoms with Crippen LogP contribution in [0.15, 0.2) is 0 Å². The van der Waals surface area contributed by atoms with E-state index in [1.54, 1.807) is 6.92 Å². The van der Waals surface area contributed by atoms with Crippen molar-refractivity contribution in [2.75, 3.05) is 39.3 Å². The number of carbonyl (C=O) groups is 3. The Labute approximate surface area is 131 Å². The summed E-state index contributed by atoms with van der Waals surface area (Å²) in [6, 6.07) is 0. The summed E-state index contributed by atoms with van der Waals surface area (Å²) in [5.74, 6) is -0.622. The van der Waals surface area contributed by atoms with E-state index >= 15 is 0 Å². The predicted octanol–water partition coefficient (Wildman–Crippen LogP) is -1.51. The summed E-state index contributed by atoms with van der Waals surface area (Å²) in [7, 11) is 0. The summed E-state index contributed by atoms with van der Waals surface area (Å²) < 4.78 is 5.05. The fourth-order valence-electron chi connectivity index (χ4n) is 2.57. The summed E-state index contributed by atoms with van der Waals surface area (Å²) in [6.45, 7) is 6.55. The van der Waals surface area contributed by atoms with Crippen LogP contribution >= 0.6 is 0 Å². The third-order valence-corrected chi connectivity index (χ3v) is 3.67. The molecule has 0 aromatic heterocycles. The fraction of sp³-hybridized carbons (Fsp3) is 0.800. The molecule has 0 aromatic rings. The van der Waals surface area contributed by atoms with E-state index in [1.165, 1.54) is 0 Å². The van der Waals surface area contributed by atoms with Crippen LogP contribution in [0.5, 0.6) is 0 Å². The number of rotatable bonds is 8. The molecule has 7 nitrogen and oxygen atoms in total. The van der Waals surface area contributed by atoms with Gasteiger partial charge < -0.3 is 20.3 Å². The van der Waals surface area contributed by atoms with Crippen molar-refractivity contribution in [2.45, 2.75) is 33.1 Å². The van der Waals surface area contributed by atoms with Crippen LogP contribution in [0.3, 0.4) is 0 Å². The minimum absolute atomic E-state index is 0.00736. The number of piperidine rings is 1. The van der Waals surface area contributed by atoms with Crippen LogP contribution in [0.1, 0.15) is 33.1 Å². The van der Waals surface area contributed by atoms with Gasteiger partial charge in [0.1, 0.15) is 5.92 Å². The van der Waals surface area contributed by atoms with Gasteiger partial charge in [-0.25, -0.2) is 0 Å². The summed E-state index contributed by atoms with van der Waals surface area (Å²) in [5.41, 5.74) is 0. The van der Waals surface area contributed by atoms with E-state index in [1.807, 2.05) is 6.92 Å². The van der Waals surface area contributed by atoms with Gasteiger partial charge in [-0.3, -0.25) is 14.4 Å². The average molecular weight is 314 g/mol. The molecule has 2 atom stereocenters. The highest BCUT2D eigenvalue weighted by molar-refractivity contribution is 5.85. The first-order valence-electron chi connectivity index (χ1n) is 8.10. The lowest BCUT2D eigenvalue weighted by molar-refractivity contribution is -0.899. The SMILES string of the molecule is CCCNC(=O)CNC(=O)C[NH+]1CCC[C@H](C(=O)OCC)C1. The number of likely N-dealkylation sites (tertiary alicyclic amines) is 1. The number of hydrogen-bond donors (Lipinski definition) is 3. The third kappa shape index (κ3) is 6.89. The molecular weight excluding hydrogens is 286 g/mol. The van der Waals surface area contributed by atoms with Gasteiger partial charge in [-0.2, -0.15) is 0 Å². The molecule has 1 fully saturated rings. The number of quaternary nitrogens is 1. The van der Waals surface area contributed by atoms with Crippen LogP contribution in [0, 0.1) is 5.92 Å². The van der Waals surface area contributed by atoms with Gasteiger partial charge in [0.15, 0.2) is 6.54 Å². The van der Waals surface area contributed by atoms with Gasteiger partial charge in [-0.15, -0.1) is 0 Å². The first-order chi connectivity index (χ1) is 10.6. The molecule has 0 spiro atoms. The predicted molar refractivity (Wildman–Crippen MR) is 81.2 cm³/mol. The summed E-state index contributed by atoms with van der Waals surface area (Å²) in [6.07, 6.45) is 2.60. The molecule has 3 N–H and O–H groups in total. The molecule has 126 valence electrons. The average Bonchev–Trinajstić information content (AvgIpc) is 2.51.